The van der Waals surface area contributed by atoms with Gasteiger partial charge < -0.3 is 10.5 Å². The van der Waals surface area contributed by atoms with Crippen molar-refractivity contribution in [3.8, 4) is 11.5 Å². The highest BCUT2D eigenvalue weighted by atomic mass is 35.5. The van der Waals surface area contributed by atoms with Gasteiger partial charge in [-0.1, -0.05) is 40.9 Å². The van der Waals surface area contributed by atoms with Crippen LogP contribution in [0.2, 0.25) is 15.1 Å². The maximum Gasteiger partial charge on any atom is 0.129 e. The predicted molar refractivity (Wildman–Crippen MR) is 80.7 cm³/mol. The molecule has 2 aromatic rings. The zero-order chi connectivity index (χ0) is 13.8. The molecule has 5 heteroatoms. The van der Waals surface area contributed by atoms with Crippen LogP contribution in [0.3, 0.4) is 0 Å². The first kappa shape index (κ1) is 14.5. The van der Waals surface area contributed by atoms with Crippen molar-refractivity contribution in [2.45, 2.75) is 6.42 Å². The van der Waals surface area contributed by atoms with Crippen molar-refractivity contribution in [3.63, 3.8) is 0 Å². The van der Waals surface area contributed by atoms with Gasteiger partial charge in [0.2, 0.25) is 0 Å². The normalized spacial score (nSPS) is 10.5. The Hall–Kier alpha value is -0.930. The number of hydrogen-bond donors (Lipinski definition) is 1. The van der Waals surface area contributed by atoms with Gasteiger partial charge in [0.05, 0.1) is 10.0 Å². The van der Waals surface area contributed by atoms with Crippen molar-refractivity contribution in [2.75, 3.05) is 6.54 Å². The van der Waals surface area contributed by atoms with E-state index in [0.29, 0.717) is 33.1 Å². The highest BCUT2D eigenvalue weighted by molar-refractivity contribution is 6.42. The summed E-state index contributed by atoms with van der Waals surface area (Å²) in [6.07, 6.45) is 0.742. The van der Waals surface area contributed by atoms with E-state index in [9.17, 15) is 0 Å². The van der Waals surface area contributed by atoms with E-state index in [4.69, 9.17) is 45.3 Å². The van der Waals surface area contributed by atoms with Crippen LogP contribution in [0.25, 0.3) is 0 Å². The van der Waals surface area contributed by atoms with Crippen LogP contribution in [0.5, 0.6) is 11.5 Å². The van der Waals surface area contributed by atoms with Crippen LogP contribution in [0.1, 0.15) is 5.56 Å². The summed E-state index contributed by atoms with van der Waals surface area (Å²) in [5.74, 6) is 1.25. The molecule has 0 atom stereocenters. The fraction of sp³-hybridized carbons (Fsp3) is 0.143. The molecule has 0 saturated carbocycles. The molecule has 2 rings (SSSR count). The summed E-state index contributed by atoms with van der Waals surface area (Å²) in [7, 11) is 0. The standard InChI is InChI=1S/C14H12Cl3NO/c15-12-4-3-11(8-14(12)17)19-10-2-1-9(5-6-18)13(16)7-10/h1-4,7-8H,5-6,18H2. The van der Waals surface area contributed by atoms with Crippen molar-refractivity contribution < 1.29 is 4.74 Å². The molecule has 0 spiro atoms. The number of benzene rings is 2. The van der Waals surface area contributed by atoms with Gasteiger partial charge in [0.15, 0.2) is 0 Å². The maximum atomic E-state index is 6.15. The van der Waals surface area contributed by atoms with Gasteiger partial charge in [-0.3, -0.25) is 0 Å². The van der Waals surface area contributed by atoms with Crippen LogP contribution in [0.4, 0.5) is 0 Å². The third-order valence-electron chi connectivity index (χ3n) is 2.56. The first-order valence-corrected chi connectivity index (χ1v) is 6.85. The van der Waals surface area contributed by atoms with Crippen LogP contribution < -0.4 is 10.5 Å². The molecule has 2 nitrogen and oxygen atoms in total. The van der Waals surface area contributed by atoms with Gasteiger partial charge in [0.25, 0.3) is 0 Å². The molecule has 100 valence electrons. The maximum absolute atomic E-state index is 6.15. The predicted octanol–water partition coefficient (Wildman–Crippen LogP) is 4.94. The molecule has 2 N–H and O–H groups in total. The molecular formula is C14H12Cl3NO. The van der Waals surface area contributed by atoms with Crippen LogP contribution in [0, 0.1) is 0 Å². The molecule has 0 fully saturated rings. The van der Waals surface area contributed by atoms with E-state index in [-0.39, 0.29) is 0 Å². The largest absolute Gasteiger partial charge is 0.457 e. The number of nitrogens with two attached hydrogens (primary N) is 1. The topological polar surface area (TPSA) is 35.2 Å². The molecule has 2 aromatic carbocycles. The first-order valence-electron chi connectivity index (χ1n) is 5.71. The molecule has 0 aliphatic heterocycles. The summed E-state index contributed by atoms with van der Waals surface area (Å²) in [6, 6.07) is 10.6. The van der Waals surface area contributed by atoms with E-state index in [1.165, 1.54) is 0 Å². The number of hydrogen-bond acceptors (Lipinski definition) is 2. The molecule has 0 aliphatic carbocycles. The van der Waals surface area contributed by atoms with Crippen molar-refractivity contribution >= 4 is 34.8 Å². The Labute approximate surface area is 127 Å². The van der Waals surface area contributed by atoms with Gasteiger partial charge in [0, 0.05) is 11.1 Å². The minimum Gasteiger partial charge on any atom is -0.457 e. The number of halogens is 3. The van der Waals surface area contributed by atoms with Gasteiger partial charge in [0.1, 0.15) is 11.5 Å². The monoisotopic (exact) mass is 315 g/mol. The molecule has 0 radical (unpaired) electrons. The Morgan fingerprint density at radius 2 is 1.47 bits per heavy atom. The average molecular weight is 317 g/mol. The lowest BCUT2D eigenvalue weighted by Crippen LogP contribution is -2.03. The zero-order valence-electron chi connectivity index (χ0n) is 10.00. The third kappa shape index (κ3) is 3.77. The van der Waals surface area contributed by atoms with Crippen molar-refractivity contribution in [3.05, 3.63) is 57.0 Å². The average Bonchev–Trinajstić information content (AvgIpc) is 2.37. The second-order valence-corrected chi connectivity index (χ2v) is 5.19. The van der Waals surface area contributed by atoms with Crippen molar-refractivity contribution in [1.82, 2.24) is 0 Å². The molecule has 0 unspecified atom stereocenters. The molecule has 0 aliphatic rings. The van der Waals surface area contributed by atoms with E-state index >= 15 is 0 Å². The SMILES string of the molecule is NCCc1ccc(Oc2ccc(Cl)c(Cl)c2)cc1Cl. The number of rotatable bonds is 4. The van der Waals surface area contributed by atoms with Gasteiger partial charge >= 0.3 is 0 Å². The second kappa shape index (κ2) is 6.49. The summed E-state index contributed by atoms with van der Waals surface area (Å²) < 4.78 is 5.67. The molecule has 0 heterocycles. The van der Waals surface area contributed by atoms with E-state index in [0.717, 1.165) is 12.0 Å². The summed E-state index contributed by atoms with van der Waals surface area (Å²) in [4.78, 5) is 0. The van der Waals surface area contributed by atoms with Crippen LogP contribution in [0.15, 0.2) is 36.4 Å². The number of ether oxygens (including phenoxy) is 1. The molecular weight excluding hydrogens is 305 g/mol. The van der Waals surface area contributed by atoms with Crippen LogP contribution >= 0.6 is 34.8 Å². The smallest absolute Gasteiger partial charge is 0.129 e. The van der Waals surface area contributed by atoms with Crippen LogP contribution in [-0.2, 0) is 6.42 Å². The van der Waals surface area contributed by atoms with Gasteiger partial charge in [-0.05, 0) is 42.8 Å². The fourth-order valence-corrected chi connectivity index (χ4v) is 2.18. The molecule has 0 amide bonds. The highest BCUT2D eigenvalue weighted by Crippen LogP contribution is 2.31. The Kier molecular flexibility index (Phi) is 4.94. The Bertz CT molecular complexity index is 587. The summed E-state index contributed by atoms with van der Waals surface area (Å²) >= 11 is 17.9. The van der Waals surface area contributed by atoms with Crippen molar-refractivity contribution in [2.24, 2.45) is 5.73 Å². The van der Waals surface area contributed by atoms with Crippen molar-refractivity contribution in [1.29, 1.82) is 0 Å². The van der Waals surface area contributed by atoms with Crippen LogP contribution in [-0.4, -0.2) is 6.54 Å². The van der Waals surface area contributed by atoms with E-state index in [1.54, 1.807) is 24.3 Å². The lowest BCUT2D eigenvalue weighted by Gasteiger charge is -2.09. The lowest BCUT2D eigenvalue weighted by atomic mass is 10.1. The minimum atomic E-state index is 0.449. The van der Waals surface area contributed by atoms with Gasteiger partial charge in [-0.25, -0.2) is 0 Å². The Balaban J connectivity index is 2.19. The Morgan fingerprint density at radius 1 is 0.842 bits per heavy atom. The second-order valence-electron chi connectivity index (χ2n) is 3.97. The van der Waals surface area contributed by atoms with E-state index in [1.807, 2.05) is 12.1 Å². The summed E-state index contributed by atoms with van der Waals surface area (Å²) in [5.41, 5.74) is 6.51. The quantitative estimate of drug-likeness (QED) is 0.867. The molecule has 0 saturated heterocycles. The zero-order valence-corrected chi connectivity index (χ0v) is 12.3. The van der Waals surface area contributed by atoms with Gasteiger partial charge in [-0.15, -0.1) is 0 Å². The molecule has 0 aromatic heterocycles. The molecule has 0 bridgehead atoms. The lowest BCUT2D eigenvalue weighted by molar-refractivity contribution is 0.482. The highest BCUT2D eigenvalue weighted by Gasteiger charge is 2.05. The summed E-state index contributed by atoms with van der Waals surface area (Å²) in [5, 5.41) is 1.58. The third-order valence-corrected chi connectivity index (χ3v) is 3.66. The Morgan fingerprint density at radius 3 is 2.05 bits per heavy atom. The fourth-order valence-electron chi connectivity index (χ4n) is 1.63. The minimum absolute atomic E-state index is 0.449. The van der Waals surface area contributed by atoms with E-state index < -0.39 is 0 Å². The summed E-state index contributed by atoms with van der Waals surface area (Å²) in [6.45, 7) is 0.562. The van der Waals surface area contributed by atoms with E-state index in [2.05, 4.69) is 0 Å². The molecule has 19 heavy (non-hydrogen) atoms. The van der Waals surface area contributed by atoms with Gasteiger partial charge in [-0.2, -0.15) is 0 Å². The first-order chi connectivity index (χ1) is 9.10.